The molecule has 7 nitrogen and oxygen atoms in total. The van der Waals surface area contributed by atoms with Crippen LogP contribution in [0.3, 0.4) is 0 Å². The van der Waals surface area contributed by atoms with Gasteiger partial charge in [-0.2, -0.15) is 0 Å². The minimum Gasteiger partial charge on any atom is -0.393 e. The normalized spacial score (nSPS) is 12.2. The second-order valence-electron chi connectivity index (χ2n) is 4.85. The number of nitrogens with one attached hydrogen (secondary N) is 3. The molecule has 1 aromatic heterocycles. The van der Waals surface area contributed by atoms with Gasteiger partial charge in [0.05, 0.1) is 6.10 Å². The van der Waals surface area contributed by atoms with Crippen molar-refractivity contribution in [2.24, 2.45) is 0 Å². The molecule has 0 fully saturated rings. The van der Waals surface area contributed by atoms with Crippen LogP contribution in [0.15, 0.2) is 9.59 Å². The number of aromatic nitrogens is 2. The first-order chi connectivity index (χ1) is 9.40. The number of H-pyrrole nitrogens is 2. The zero-order chi connectivity index (χ0) is 15.1. The van der Waals surface area contributed by atoms with Crippen LogP contribution in [0, 0.1) is 6.92 Å². The lowest BCUT2D eigenvalue weighted by molar-refractivity contribution is -0.121. The van der Waals surface area contributed by atoms with Crippen molar-refractivity contribution in [2.45, 2.75) is 45.6 Å². The maximum Gasteiger partial charge on any atom is 0.325 e. The molecule has 0 aromatic carbocycles. The number of amides is 1. The maximum atomic E-state index is 11.6. The monoisotopic (exact) mass is 283 g/mol. The van der Waals surface area contributed by atoms with Crippen molar-refractivity contribution >= 4 is 5.91 Å². The molecule has 4 N–H and O–H groups in total. The van der Waals surface area contributed by atoms with E-state index in [-0.39, 0.29) is 24.9 Å². The predicted octanol–water partition coefficient (Wildman–Crippen LogP) is -0.419. The molecule has 0 saturated carbocycles. The molecule has 0 aliphatic carbocycles. The Bertz CT molecular complexity index is 559. The fraction of sp³-hybridized carbons (Fsp3) is 0.615. The van der Waals surface area contributed by atoms with Crippen molar-refractivity contribution in [3.63, 3.8) is 0 Å². The smallest absolute Gasteiger partial charge is 0.325 e. The average molecular weight is 283 g/mol. The first-order valence-electron chi connectivity index (χ1n) is 6.67. The Morgan fingerprint density at radius 3 is 2.65 bits per heavy atom. The van der Waals surface area contributed by atoms with E-state index in [1.165, 1.54) is 0 Å². The molecule has 1 aromatic rings. The van der Waals surface area contributed by atoms with Gasteiger partial charge in [0.2, 0.25) is 5.91 Å². The third-order valence-electron chi connectivity index (χ3n) is 2.98. The van der Waals surface area contributed by atoms with Crippen LogP contribution in [0.4, 0.5) is 0 Å². The molecule has 20 heavy (non-hydrogen) atoms. The number of carbonyl (C=O) groups excluding carboxylic acids is 1. The van der Waals surface area contributed by atoms with Crippen molar-refractivity contribution in [3.8, 4) is 0 Å². The van der Waals surface area contributed by atoms with Crippen LogP contribution < -0.4 is 16.6 Å². The lowest BCUT2D eigenvalue weighted by Gasteiger charge is -2.07. The van der Waals surface area contributed by atoms with E-state index >= 15 is 0 Å². The molecular formula is C13H21N3O4. The van der Waals surface area contributed by atoms with Crippen LogP contribution in [0.25, 0.3) is 0 Å². The fourth-order valence-corrected chi connectivity index (χ4v) is 1.88. The third kappa shape index (κ3) is 5.40. The van der Waals surface area contributed by atoms with E-state index in [0.29, 0.717) is 30.6 Å². The Balaban J connectivity index is 2.42. The number of carbonyl (C=O) groups is 1. The largest absolute Gasteiger partial charge is 0.393 e. The van der Waals surface area contributed by atoms with Crippen molar-refractivity contribution in [1.29, 1.82) is 0 Å². The summed E-state index contributed by atoms with van der Waals surface area (Å²) >= 11 is 0. The predicted molar refractivity (Wildman–Crippen MR) is 74.7 cm³/mol. The van der Waals surface area contributed by atoms with Crippen LogP contribution in [0.1, 0.15) is 37.4 Å². The first kappa shape index (κ1) is 16.2. The number of rotatable bonds is 7. The minimum absolute atomic E-state index is 0.152. The van der Waals surface area contributed by atoms with Crippen LogP contribution in [-0.2, 0) is 11.2 Å². The van der Waals surface area contributed by atoms with Gasteiger partial charge in [-0.05, 0) is 33.1 Å². The van der Waals surface area contributed by atoms with Gasteiger partial charge in [-0.1, -0.05) is 0 Å². The minimum atomic E-state index is -0.543. The molecule has 1 rings (SSSR count). The summed E-state index contributed by atoms with van der Waals surface area (Å²) in [6.07, 6.45) is 1.44. The molecular weight excluding hydrogens is 262 g/mol. The summed E-state index contributed by atoms with van der Waals surface area (Å²) in [7, 11) is 0. The maximum absolute atomic E-state index is 11.6. The lowest BCUT2D eigenvalue weighted by Crippen LogP contribution is -2.29. The highest BCUT2D eigenvalue weighted by Gasteiger charge is 2.08. The second kappa shape index (κ2) is 7.64. The molecule has 1 unspecified atom stereocenters. The van der Waals surface area contributed by atoms with Gasteiger partial charge >= 0.3 is 5.69 Å². The molecule has 0 aliphatic heterocycles. The molecule has 0 saturated heterocycles. The van der Waals surface area contributed by atoms with Gasteiger partial charge < -0.3 is 15.4 Å². The van der Waals surface area contributed by atoms with E-state index in [0.717, 1.165) is 0 Å². The Morgan fingerprint density at radius 2 is 2.05 bits per heavy atom. The number of aromatic amines is 2. The molecule has 112 valence electrons. The number of hydrogen-bond donors (Lipinski definition) is 4. The quantitative estimate of drug-likeness (QED) is 0.509. The summed E-state index contributed by atoms with van der Waals surface area (Å²) < 4.78 is 0. The van der Waals surface area contributed by atoms with E-state index < -0.39 is 11.2 Å². The van der Waals surface area contributed by atoms with Crippen molar-refractivity contribution in [3.05, 3.63) is 32.1 Å². The molecule has 7 heteroatoms. The molecule has 1 amide bonds. The Morgan fingerprint density at radius 1 is 1.35 bits per heavy atom. The molecule has 0 bridgehead atoms. The summed E-state index contributed by atoms with van der Waals surface area (Å²) in [5, 5.41) is 11.8. The van der Waals surface area contributed by atoms with Crippen molar-refractivity contribution < 1.29 is 9.90 Å². The van der Waals surface area contributed by atoms with Crippen LogP contribution >= 0.6 is 0 Å². The highest BCUT2D eigenvalue weighted by Crippen LogP contribution is 2.00. The van der Waals surface area contributed by atoms with Crippen molar-refractivity contribution in [1.82, 2.24) is 15.3 Å². The number of hydrogen-bond acceptors (Lipinski definition) is 4. The standard InChI is InChI=1S/C13H21N3O4/c1-8(17)4-3-7-14-11(18)6-5-10-9(2)15-13(20)16-12(10)19/h8,17H,3-7H2,1-2H3,(H,14,18)(H2,15,16,19,20). The third-order valence-corrected chi connectivity index (χ3v) is 2.98. The summed E-state index contributed by atoms with van der Waals surface area (Å²) in [6.45, 7) is 3.84. The zero-order valence-electron chi connectivity index (χ0n) is 11.8. The van der Waals surface area contributed by atoms with Gasteiger partial charge in [0.1, 0.15) is 0 Å². The van der Waals surface area contributed by atoms with Crippen molar-refractivity contribution in [2.75, 3.05) is 6.54 Å². The van der Waals surface area contributed by atoms with Crippen LogP contribution in [0.2, 0.25) is 0 Å². The van der Waals surface area contributed by atoms with Gasteiger partial charge in [0.15, 0.2) is 0 Å². The molecule has 0 radical (unpaired) electrons. The van der Waals surface area contributed by atoms with E-state index in [1.807, 2.05) is 0 Å². The molecule has 0 spiro atoms. The topological polar surface area (TPSA) is 115 Å². The number of aliphatic hydroxyl groups excluding tert-OH is 1. The number of aryl methyl sites for hydroxylation is 1. The van der Waals surface area contributed by atoms with Gasteiger partial charge in [0.25, 0.3) is 5.56 Å². The van der Waals surface area contributed by atoms with E-state index in [1.54, 1.807) is 13.8 Å². The highest BCUT2D eigenvalue weighted by molar-refractivity contribution is 5.76. The fourth-order valence-electron chi connectivity index (χ4n) is 1.88. The summed E-state index contributed by atoms with van der Waals surface area (Å²) in [4.78, 5) is 38.8. The Labute approximate surface area is 116 Å². The van der Waals surface area contributed by atoms with Gasteiger partial charge in [-0.25, -0.2) is 4.79 Å². The molecule has 0 aliphatic rings. The van der Waals surface area contributed by atoms with Crippen LogP contribution in [-0.4, -0.2) is 33.6 Å². The van der Waals surface area contributed by atoms with Gasteiger partial charge in [-0.3, -0.25) is 14.6 Å². The first-order valence-corrected chi connectivity index (χ1v) is 6.67. The molecule has 1 heterocycles. The Kier molecular flexibility index (Phi) is 6.17. The summed E-state index contributed by atoms with van der Waals surface area (Å²) in [5.74, 6) is -0.152. The lowest BCUT2D eigenvalue weighted by atomic mass is 10.1. The van der Waals surface area contributed by atoms with Gasteiger partial charge in [-0.15, -0.1) is 0 Å². The summed E-state index contributed by atoms with van der Waals surface area (Å²) in [5.41, 5.74) is -0.0867. The van der Waals surface area contributed by atoms with Crippen LogP contribution in [0.5, 0.6) is 0 Å². The average Bonchev–Trinajstić information content (AvgIpc) is 2.33. The highest BCUT2D eigenvalue weighted by atomic mass is 16.3. The number of aliphatic hydroxyl groups is 1. The van der Waals surface area contributed by atoms with E-state index in [2.05, 4.69) is 15.3 Å². The second-order valence-corrected chi connectivity index (χ2v) is 4.85. The van der Waals surface area contributed by atoms with Gasteiger partial charge in [0, 0.05) is 24.2 Å². The summed E-state index contributed by atoms with van der Waals surface area (Å²) in [6, 6.07) is 0. The van der Waals surface area contributed by atoms with E-state index in [9.17, 15) is 14.4 Å². The zero-order valence-corrected chi connectivity index (χ0v) is 11.8. The van der Waals surface area contributed by atoms with E-state index in [4.69, 9.17) is 5.11 Å². The SMILES string of the molecule is Cc1[nH]c(=O)[nH]c(=O)c1CCC(=O)NCCCC(C)O. The Hall–Kier alpha value is -1.89. The molecule has 1 atom stereocenters.